The first-order chi connectivity index (χ1) is 8.66. The summed E-state index contributed by atoms with van der Waals surface area (Å²) in [6, 6.07) is 10.8. The molecule has 3 rings (SSSR count). The highest BCUT2D eigenvalue weighted by Crippen LogP contribution is 2.30. The van der Waals surface area contributed by atoms with Gasteiger partial charge in [-0.05, 0) is 11.5 Å². The van der Waals surface area contributed by atoms with Gasteiger partial charge in [-0.3, -0.25) is 4.79 Å². The maximum absolute atomic E-state index is 12.1. The van der Waals surface area contributed by atoms with Crippen LogP contribution in [0.5, 0.6) is 5.75 Å². The van der Waals surface area contributed by atoms with Crippen LogP contribution in [0.1, 0.15) is 10.4 Å². The van der Waals surface area contributed by atoms with Crippen molar-refractivity contribution < 1.29 is 15.0 Å². The zero-order valence-electron chi connectivity index (χ0n) is 9.71. The van der Waals surface area contributed by atoms with Gasteiger partial charge < -0.3 is 15.1 Å². The quantitative estimate of drug-likeness (QED) is 0.795. The van der Waals surface area contributed by atoms with Crippen molar-refractivity contribution in [1.29, 1.82) is 0 Å². The van der Waals surface area contributed by atoms with E-state index in [1.807, 2.05) is 24.3 Å². The third kappa shape index (κ3) is 1.62. The molecule has 92 valence electrons. The molecule has 0 aliphatic carbocycles. The maximum Gasteiger partial charge on any atom is 0.257 e. The molecule has 1 aliphatic rings. The SMILES string of the molecule is O=C(c1ccc2ccccc2c1O)N1CC(O)C1. The van der Waals surface area contributed by atoms with Gasteiger partial charge in [0.25, 0.3) is 5.91 Å². The number of phenols is 1. The molecule has 0 radical (unpaired) electrons. The maximum atomic E-state index is 12.1. The molecule has 2 aromatic carbocycles. The van der Waals surface area contributed by atoms with Crippen LogP contribution in [0.3, 0.4) is 0 Å². The van der Waals surface area contributed by atoms with E-state index in [4.69, 9.17) is 0 Å². The van der Waals surface area contributed by atoms with E-state index in [0.29, 0.717) is 24.0 Å². The predicted octanol–water partition coefficient (Wildman–Crippen LogP) is 1.36. The van der Waals surface area contributed by atoms with E-state index < -0.39 is 6.10 Å². The van der Waals surface area contributed by atoms with Crippen LogP contribution < -0.4 is 0 Å². The number of amides is 1. The summed E-state index contributed by atoms with van der Waals surface area (Å²) in [7, 11) is 0. The zero-order valence-corrected chi connectivity index (χ0v) is 9.71. The van der Waals surface area contributed by atoms with Crippen molar-refractivity contribution >= 4 is 16.7 Å². The summed E-state index contributed by atoms with van der Waals surface area (Å²) in [5.74, 6) is -0.219. The normalized spacial score (nSPS) is 15.7. The number of aliphatic hydroxyl groups excluding tert-OH is 1. The Morgan fingerprint density at radius 2 is 1.89 bits per heavy atom. The highest BCUT2D eigenvalue weighted by molar-refractivity contribution is 6.03. The molecule has 18 heavy (non-hydrogen) atoms. The van der Waals surface area contributed by atoms with E-state index in [2.05, 4.69) is 0 Å². The van der Waals surface area contributed by atoms with Crippen molar-refractivity contribution in [3.63, 3.8) is 0 Å². The van der Waals surface area contributed by atoms with Crippen LogP contribution in [0.4, 0.5) is 0 Å². The molecule has 1 amide bonds. The standard InChI is InChI=1S/C14H13NO3/c16-10-7-15(8-10)14(18)12-6-5-9-3-1-2-4-11(9)13(12)17/h1-6,10,16-17H,7-8H2. The Kier molecular flexibility index (Phi) is 2.45. The van der Waals surface area contributed by atoms with Gasteiger partial charge in [0.15, 0.2) is 0 Å². The number of carbonyl (C=O) groups excluding carboxylic acids is 1. The van der Waals surface area contributed by atoms with Crippen molar-refractivity contribution in [1.82, 2.24) is 4.90 Å². The molecule has 0 atom stereocenters. The number of likely N-dealkylation sites (tertiary alicyclic amines) is 1. The van der Waals surface area contributed by atoms with Crippen molar-refractivity contribution in [2.45, 2.75) is 6.10 Å². The average molecular weight is 243 g/mol. The summed E-state index contributed by atoms with van der Waals surface area (Å²) in [4.78, 5) is 13.6. The zero-order chi connectivity index (χ0) is 12.7. The number of hydrogen-bond donors (Lipinski definition) is 2. The van der Waals surface area contributed by atoms with E-state index in [1.54, 1.807) is 12.1 Å². The Balaban J connectivity index is 2.02. The smallest absolute Gasteiger partial charge is 0.257 e. The van der Waals surface area contributed by atoms with Crippen molar-refractivity contribution in [3.8, 4) is 5.75 Å². The molecule has 0 spiro atoms. The fourth-order valence-corrected chi connectivity index (χ4v) is 2.22. The van der Waals surface area contributed by atoms with E-state index in [9.17, 15) is 15.0 Å². The lowest BCUT2D eigenvalue weighted by atomic mass is 10.0. The molecule has 4 heteroatoms. The second-order valence-electron chi connectivity index (χ2n) is 4.55. The highest BCUT2D eigenvalue weighted by Gasteiger charge is 2.30. The molecule has 2 aromatic rings. The second-order valence-corrected chi connectivity index (χ2v) is 4.55. The van der Waals surface area contributed by atoms with E-state index in [1.165, 1.54) is 4.90 Å². The number of carbonyl (C=O) groups is 1. The van der Waals surface area contributed by atoms with Crippen molar-refractivity contribution in [2.75, 3.05) is 13.1 Å². The number of nitrogens with zero attached hydrogens (tertiary/aromatic N) is 1. The first kappa shape index (κ1) is 11.0. The fourth-order valence-electron chi connectivity index (χ4n) is 2.22. The van der Waals surface area contributed by atoms with E-state index in [0.717, 1.165) is 5.39 Å². The van der Waals surface area contributed by atoms with Crippen LogP contribution in [0, 0.1) is 0 Å². The molecule has 0 bridgehead atoms. The molecule has 1 saturated heterocycles. The number of fused-ring (bicyclic) bond motifs is 1. The third-order valence-corrected chi connectivity index (χ3v) is 3.28. The minimum atomic E-state index is -0.434. The Labute approximate surface area is 104 Å². The Morgan fingerprint density at radius 3 is 2.61 bits per heavy atom. The van der Waals surface area contributed by atoms with Gasteiger partial charge in [-0.2, -0.15) is 0 Å². The lowest BCUT2D eigenvalue weighted by molar-refractivity contribution is 0.00572. The highest BCUT2D eigenvalue weighted by atomic mass is 16.3. The number of benzene rings is 2. The van der Waals surface area contributed by atoms with E-state index >= 15 is 0 Å². The Hall–Kier alpha value is -2.07. The first-order valence-corrected chi connectivity index (χ1v) is 5.85. The summed E-state index contributed by atoms with van der Waals surface area (Å²) in [5.41, 5.74) is 0.292. The number of phenolic OH excluding ortho intramolecular Hbond substituents is 1. The molecule has 2 N–H and O–H groups in total. The lowest BCUT2D eigenvalue weighted by Crippen LogP contribution is -2.53. The van der Waals surface area contributed by atoms with Crippen LogP contribution in [0.2, 0.25) is 0 Å². The van der Waals surface area contributed by atoms with Gasteiger partial charge in [0.2, 0.25) is 0 Å². The molecule has 4 nitrogen and oxygen atoms in total. The van der Waals surface area contributed by atoms with Crippen LogP contribution in [-0.4, -0.2) is 40.2 Å². The minimum absolute atomic E-state index is 0.0134. The summed E-state index contributed by atoms with van der Waals surface area (Å²) in [6.45, 7) is 0.677. The van der Waals surface area contributed by atoms with Crippen LogP contribution in [-0.2, 0) is 0 Å². The lowest BCUT2D eigenvalue weighted by Gasteiger charge is -2.36. The number of rotatable bonds is 1. The summed E-state index contributed by atoms with van der Waals surface area (Å²) in [5, 5.41) is 20.9. The first-order valence-electron chi connectivity index (χ1n) is 5.85. The van der Waals surface area contributed by atoms with Crippen molar-refractivity contribution in [2.24, 2.45) is 0 Å². The van der Waals surface area contributed by atoms with Gasteiger partial charge in [0.05, 0.1) is 11.7 Å². The van der Waals surface area contributed by atoms with Gasteiger partial charge in [-0.15, -0.1) is 0 Å². The number of β-amino-alcohol motifs (C(OH)–C–C–N with tert-alkyl or cyclic N) is 1. The van der Waals surface area contributed by atoms with E-state index in [-0.39, 0.29) is 11.7 Å². The van der Waals surface area contributed by atoms with Gasteiger partial charge >= 0.3 is 0 Å². The molecule has 1 aliphatic heterocycles. The Morgan fingerprint density at radius 1 is 1.17 bits per heavy atom. The Bertz CT molecular complexity index is 617. The molecule has 0 saturated carbocycles. The topological polar surface area (TPSA) is 60.8 Å². The number of hydrogen-bond acceptors (Lipinski definition) is 3. The summed E-state index contributed by atoms with van der Waals surface area (Å²) < 4.78 is 0. The van der Waals surface area contributed by atoms with Crippen LogP contribution in [0.25, 0.3) is 10.8 Å². The van der Waals surface area contributed by atoms with Crippen molar-refractivity contribution in [3.05, 3.63) is 42.0 Å². The van der Waals surface area contributed by atoms with Gasteiger partial charge in [0, 0.05) is 18.5 Å². The van der Waals surface area contributed by atoms with Gasteiger partial charge in [0.1, 0.15) is 5.75 Å². The van der Waals surface area contributed by atoms with Gasteiger partial charge in [-0.1, -0.05) is 30.3 Å². The molecule has 0 unspecified atom stereocenters. The number of aliphatic hydroxyl groups is 1. The fraction of sp³-hybridized carbons (Fsp3) is 0.214. The average Bonchev–Trinajstić information content (AvgIpc) is 2.35. The third-order valence-electron chi connectivity index (χ3n) is 3.28. The molecular formula is C14H13NO3. The number of aromatic hydroxyl groups is 1. The molecule has 1 heterocycles. The molecular weight excluding hydrogens is 230 g/mol. The predicted molar refractivity (Wildman–Crippen MR) is 67.5 cm³/mol. The largest absolute Gasteiger partial charge is 0.506 e. The minimum Gasteiger partial charge on any atom is -0.506 e. The molecule has 0 aromatic heterocycles. The van der Waals surface area contributed by atoms with Crippen LogP contribution >= 0.6 is 0 Å². The second kappa shape index (κ2) is 3.99. The monoisotopic (exact) mass is 243 g/mol. The van der Waals surface area contributed by atoms with Gasteiger partial charge in [-0.25, -0.2) is 0 Å². The molecule has 1 fully saturated rings. The van der Waals surface area contributed by atoms with Crippen LogP contribution in [0.15, 0.2) is 36.4 Å². The summed E-state index contributed by atoms with van der Waals surface area (Å²) >= 11 is 0. The summed E-state index contributed by atoms with van der Waals surface area (Å²) in [6.07, 6.45) is -0.434.